The molecule has 0 spiro atoms. The molecule has 0 N–H and O–H groups in total. The van der Waals surface area contributed by atoms with Crippen LogP contribution in [0.15, 0.2) is 24.3 Å². The summed E-state index contributed by atoms with van der Waals surface area (Å²) < 4.78 is 43.1. The van der Waals surface area contributed by atoms with E-state index in [0.29, 0.717) is 12.8 Å². The second kappa shape index (κ2) is 7.92. The molecule has 0 aliphatic carbocycles. The van der Waals surface area contributed by atoms with Crippen molar-refractivity contribution in [1.29, 1.82) is 0 Å². The molecule has 5 heteroatoms. The maximum absolute atomic E-state index is 12.8. The molecule has 0 fully saturated rings. The summed E-state index contributed by atoms with van der Waals surface area (Å²) in [6.45, 7) is 1.98. The smallest absolute Gasteiger partial charge is 0.425 e. The average molecular weight is 287 g/mol. The van der Waals surface area contributed by atoms with Crippen molar-refractivity contribution in [3.8, 4) is 0 Å². The second-order valence-corrected chi connectivity index (χ2v) is 4.57. The van der Waals surface area contributed by atoms with Gasteiger partial charge in [0, 0.05) is 0 Å². The highest BCUT2D eigenvalue weighted by Crippen LogP contribution is 2.28. The molecule has 0 saturated carbocycles. The summed E-state index contributed by atoms with van der Waals surface area (Å²) in [6.07, 6.45) is -3.81. The van der Waals surface area contributed by atoms with Crippen molar-refractivity contribution in [2.24, 2.45) is 0 Å². The zero-order chi connectivity index (χ0) is 15.0. The van der Waals surface area contributed by atoms with Gasteiger partial charge in [-0.2, -0.15) is 13.2 Å². The Hall–Kier alpha value is -1.52. The van der Waals surface area contributed by atoms with Crippen molar-refractivity contribution < 1.29 is 22.7 Å². The highest BCUT2D eigenvalue weighted by atomic mass is 19.4. The molecule has 1 unspecified atom stereocenters. The van der Waals surface area contributed by atoms with E-state index < -0.39 is 18.2 Å². The van der Waals surface area contributed by atoms with Gasteiger partial charge < -0.3 is 4.74 Å². The van der Waals surface area contributed by atoms with Gasteiger partial charge in [-0.25, -0.2) is 4.79 Å². The van der Waals surface area contributed by atoms with Crippen LogP contribution in [0.4, 0.5) is 13.2 Å². The Morgan fingerprint density at radius 3 is 2.45 bits per heavy atom. The standard InChI is InChI=1S/C15H18F3O2/c1-2-3-4-8-11-13(15(16,17)18)20-14(19)12-9-6-5-7-10-12/h6-7,9-10,13H,2-4,8,11H2,1H3. The van der Waals surface area contributed by atoms with Gasteiger partial charge in [0.2, 0.25) is 0 Å². The summed E-state index contributed by atoms with van der Waals surface area (Å²) in [5, 5.41) is 0. The second-order valence-electron chi connectivity index (χ2n) is 4.57. The summed E-state index contributed by atoms with van der Waals surface area (Å²) in [5.74, 6) is -0.947. The van der Waals surface area contributed by atoms with Crippen LogP contribution < -0.4 is 0 Å². The third-order valence-electron chi connectivity index (χ3n) is 2.89. The first-order chi connectivity index (χ1) is 9.45. The Balaban J connectivity index is 2.59. The number of rotatable bonds is 7. The number of esters is 1. The molecule has 1 radical (unpaired) electrons. The van der Waals surface area contributed by atoms with Gasteiger partial charge in [0.15, 0.2) is 6.10 Å². The van der Waals surface area contributed by atoms with Crippen LogP contribution in [0.25, 0.3) is 0 Å². The van der Waals surface area contributed by atoms with Crippen molar-refractivity contribution in [3.63, 3.8) is 0 Å². The van der Waals surface area contributed by atoms with E-state index in [1.165, 1.54) is 24.3 Å². The fourth-order valence-corrected chi connectivity index (χ4v) is 1.77. The van der Waals surface area contributed by atoms with Gasteiger partial charge in [0.25, 0.3) is 0 Å². The molecule has 2 nitrogen and oxygen atoms in total. The maximum Gasteiger partial charge on any atom is 0.425 e. The van der Waals surface area contributed by atoms with E-state index in [1.54, 1.807) is 0 Å². The first-order valence-corrected chi connectivity index (χ1v) is 6.69. The fourth-order valence-electron chi connectivity index (χ4n) is 1.77. The number of carbonyl (C=O) groups is 1. The zero-order valence-corrected chi connectivity index (χ0v) is 11.4. The Kier molecular flexibility index (Phi) is 6.55. The van der Waals surface area contributed by atoms with E-state index in [1.807, 2.05) is 6.92 Å². The lowest BCUT2D eigenvalue weighted by Gasteiger charge is -2.20. The van der Waals surface area contributed by atoms with Crippen LogP contribution in [0.2, 0.25) is 0 Å². The van der Waals surface area contributed by atoms with Crippen molar-refractivity contribution in [2.45, 2.75) is 51.3 Å². The Morgan fingerprint density at radius 2 is 1.90 bits per heavy atom. The number of alkyl halides is 3. The number of hydrogen-bond acceptors (Lipinski definition) is 2. The molecular weight excluding hydrogens is 269 g/mol. The number of unbranched alkanes of at least 4 members (excludes halogenated alkanes) is 3. The molecule has 1 rings (SSSR count). The van der Waals surface area contributed by atoms with E-state index in [4.69, 9.17) is 0 Å². The Bertz CT molecular complexity index is 401. The minimum atomic E-state index is -4.53. The molecule has 0 aliphatic rings. The molecule has 1 atom stereocenters. The van der Waals surface area contributed by atoms with Crippen molar-refractivity contribution >= 4 is 5.97 Å². The Morgan fingerprint density at radius 1 is 1.25 bits per heavy atom. The highest BCUT2D eigenvalue weighted by Gasteiger charge is 2.42. The van der Waals surface area contributed by atoms with E-state index in [9.17, 15) is 18.0 Å². The van der Waals surface area contributed by atoms with Gasteiger partial charge in [-0.05, 0) is 31.0 Å². The first-order valence-electron chi connectivity index (χ1n) is 6.69. The summed E-state index contributed by atoms with van der Waals surface area (Å²) in [6, 6.07) is 8.37. The van der Waals surface area contributed by atoms with Crippen LogP contribution in [0.5, 0.6) is 0 Å². The molecule has 0 amide bonds. The number of halogens is 3. The average Bonchev–Trinajstić information content (AvgIpc) is 2.42. The van der Waals surface area contributed by atoms with Crippen LogP contribution in [-0.2, 0) is 4.74 Å². The van der Waals surface area contributed by atoms with Crippen LogP contribution in [0, 0.1) is 6.07 Å². The summed E-state index contributed by atoms with van der Waals surface area (Å²) in [4.78, 5) is 11.7. The van der Waals surface area contributed by atoms with Crippen molar-refractivity contribution in [1.82, 2.24) is 0 Å². The summed E-state index contributed by atoms with van der Waals surface area (Å²) in [7, 11) is 0. The summed E-state index contributed by atoms with van der Waals surface area (Å²) >= 11 is 0. The summed E-state index contributed by atoms with van der Waals surface area (Å²) in [5.41, 5.74) is 0.103. The number of carbonyl (C=O) groups excluding carboxylic acids is 1. The molecule has 0 heterocycles. The monoisotopic (exact) mass is 287 g/mol. The SMILES string of the molecule is CCCCCCC(OC(=O)c1cc[c]cc1)C(F)(F)F. The van der Waals surface area contributed by atoms with E-state index in [2.05, 4.69) is 10.8 Å². The van der Waals surface area contributed by atoms with Gasteiger partial charge in [-0.3, -0.25) is 0 Å². The first kappa shape index (κ1) is 16.5. The lowest BCUT2D eigenvalue weighted by atomic mass is 10.1. The van der Waals surface area contributed by atoms with Gasteiger partial charge in [-0.15, -0.1) is 0 Å². The predicted octanol–water partition coefficient (Wildman–Crippen LogP) is 4.54. The third kappa shape index (κ3) is 5.63. The number of hydrogen-bond donors (Lipinski definition) is 0. The number of ether oxygens (including phenoxy) is 1. The predicted molar refractivity (Wildman–Crippen MR) is 69.3 cm³/mol. The van der Waals surface area contributed by atoms with Crippen LogP contribution in [-0.4, -0.2) is 18.2 Å². The largest absolute Gasteiger partial charge is 0.449 e. The number of benzene rings is 1. The topological polar surface area (TPSA) is 26.3 Å². The van der Waals surface area contributed by atoms with Crippen LogP contribution in [0.1, 0.15) is 49.4 Å². The van der Waals surface area contributed by atoms with Gasteiger partial charge in [0.05, 0.1) is 5.56 Å². The van der Waals surface area contributed by atoms with Crippen molar-refractivity contribution in [3.05, 3.63) is 35.9 Å². The minimum absolute atomic E-state index is 0.103. The van der Waals surface area contributed by atoms with Gasteiger partial charge in [-0.1, -0.05) is 38.3 Å². The van der Waals surface area contributed by atoms with Crippen LogP contribution in [0.3, 0.4) is 0 Å². The molecule has 20 heavy (non-hydrogen) atoms. The maximum atomic E-state index is 12.8. The normalized spacial score (nSPS) is 13.0. The van der Waals surface area contributed by atoms with Gasteiger partial charge >= 0.3 is 12.1 Å². The molecule has 0 aliphatic heterocycles. The molecular formula is C15H18F3O2. The quantitative estimate of drug-likeness (QED) is 0.543. The van der Waals surface area contributed by atoms with Gasteiger partial charge in [0.1, 0.15) is 0 Å². The molecule has 0 saturated heterocycles. The minimum Gasteiger partial charge on any atom is -0.449 e. The molecule has 0 bridgehead atoms. The lowest BCUT2D eigenvalue weighted by Crippen LogP contribution is -2.33. The molecule has 111 valence electrons. The lowest BCUT2D eigenvalue weighted by molar-refractivity contribution is -0.206. The third-order valence-corrected chi connectivity index (χ3v) is 2.89. The fraction of sp³-hybridized carbons (Fsp3) is 0.533. The van der Waals surface area contributed by atoms with E-state index >= 15 is 0 Å². The molecule has 1 aromatic carbocycles. The molecule has 1 aromatic rings. The zero-order valence-electron chi connectivity index (χ0n) is 11.4. The Labute approximate surface area is 116 Å². The van der Waals surface area contributed by atoms with Crippen LogP contribution >= 0.6 is 0 Å². The van der Waals surface area contributed by atoms with E-state index in [-0.39, 0.29) is 12.0 Å². The highest BCUT2D eigenvalue weighted by molar-refractivity contribution is 5.89. The van der Waals surface area contributed by atoms with E-state index in [0.717, 1.165) is 12.8 Å². The van der Waals surface area contributed by atoms with Crippen molar-refractivity contribution in [2.75, 3.05) is 0 Å². The molecule has 0 aromatic heterocycles.